The second-order valence-electron chi connectivity index (χ2n) is 5.41. The third kappa shape index (κ3) is 3.53. The van der Waals surface area contributed by atoms with E-state index < -0.39 is 22.5 Å². The highest BCUT2D eigenvalue weighted by atomic mass is 16.2. The molecule has 0 radical (unpaired) electrons. The highest BCUT2D eigenvalue weighted by molar-refractivity contribution is 5.48. The fraction of sp³-hybridized carbons (Fsp3) is 0.375. The van der Waals surface area contributed by atoms with Crippen molar-refractivity contribution in [2.75, 3.05) is 0 Å². The van der Waals surface area contributed by atoms with E-state index in [4.69, 9.17) is 0 Å². The quantitative estimate of drug-likeness (QED) is 0.817. The summed E-state index contributed by atoms with van der Waals surface area (Å²) >= 11 is 0. The van der Waals surface area contributed by atoms with Crippen LogP contribution in [0.25, 0.3) is 6.08 Å². The van der Waals surface area contributed by atoms with Gasteiger partial charge in [-0.2, -0.15) is 0 Å². The monoisotopic (exact) mass is 332 g/mol. The van der Waals surface area contributed by atoms with Crippen LogP contribution in [0.15, 0.2) is 37.6 Å². The Morgan fingerprint density at radius 2 is 1.50 bits per heavy atom. The van der Waals surface area contributed by atoms with Crippen molar-refractivity contribution >= 4 is 6.08 Å². The fourth-order valence-corrected chi connectivity index (χ4v) is 2.32. The van der Waals surface area contributed by atoms with Crippen LogP contribution in [0.1, 0.15) is 37.8 Å². The summed E-state index contributed by atoms with van der Waals surface area (Å²) in [5, 5.41) is 0. The topological polar surface area (TPSA) is 110 Å². The zero-order chi connectivity index (χ0) is 17.9. The Morgan fingerprint density at radius 3 is 2.08 bits per heavy atom. The van der Waals surface area contributed by atoms with Gasteiger partial charge in [-0.3, -0.25) is 19.6 Å². The van der Waals surface area contributed by atoms with Crippen LogP contribution in [0.2, 0.25) is 0 Å². The third-order valence-corrected chi connectivity index (χ3v) is 3.81. The van der Waals surface area contributed by atoms with Crippen LogP contribution < -0.4 is 22.5 Å². The van der Waals surface area contributed by atoms with Crippen molar-refractivity contribution in [2.45, 2.75) is 39.8 Å². The van der Waals surface area contributed by atoms with Crippen LogP contribution in [-0.2, 0) is 13.1 Å². The molecule has 0 saturated heterocycles. The molecule has 0 aliphatic rings. The highest BCUT2D eigenvalue weighted by Gasteiger charge is 2.10. The first-order chi connectivity index (χ1) is 11.4. The number of H-pyrrole nitrogens is 2. The van der Waals surface area contributed by atoms with E-state index in [1.807, 2.05) is 0 Å². The van der Waals surface area contributed by atoms with Gasteiger partial charge in [-0.1, -0.05) is 19.1 Å². The van der Waals surface area contributed by atoms with Crippen molar-refractivity contribution < 1.29 is 0 Å². The smallest absolute Gasteiger partial charge is 0.301 e. The number of hydrogen-bond donors (Lipinski definition) is 2. The summed E-state index contributed by atoms with van der Waals surface area (Å²) in [6, 6.07) is 0. The van der Waals surface area contributed by atoms with Gasteiger partial charge in [-0.05, 0) is 13.8 Å². The lowest BCUT2D eigenvalue weighted by Gasteiger charge is -2.08. The molecule has 128 valence electrons. The Kier molecular flexibility index (Phi) is 5.18. The van der Waals surface area contributed by atoms with Gasteiger partial charge in [-0.25, -0.2) is 9.59 Å². The fourth-order valence-electron chi connectivity index (χ4n) is 2.32. The van der Waals surface area contributed by atoms with E-state index >= 15 is 0 Å². The van der Waals surface area contributed by atoms with Gasteiger partial charge in [0.25, 0.3) is 11.1 Å². The molecule has 0 spiro atoms. The zero-order valence-electron chi connectivity index (χ0n) is 13.8. The maximum absolute atomic E-state index is 12.0. The molecule has 8 heteroatoms. The minimum absolute atomic E-state index is 0.312. The predicted octanol–water partition coefficient (Wildman–Crippen LogP) is 0.243. The molecule has 24 heavy (non-hydrogen) atoms. The molecular formula is C16H20N4O4. The first-order valence-electron chi connectivity index (χ1n) is 7.73. The lowest BCUT2D eigenvalue weighted by molar-refractivity contribution is 0.676. The van der Waals surface area contributed by atoms with Crippen LogP contribution in [0.4, 0.5) is 0 Å². The lowest BCUT2D eigenvalue weighted by atomic mass is 10.0. The first kappa shape index (κ1) is 17.5. The summed E-state index contributed by atoms with van der Waals surface area (Å²) in [6.07, 6.45) is 6.25. The van der Waals surface area contributed by atoms with Crippen molar-refractivity contribution in [3.05, 3.63) is 71.3 Å². The van der Waals surface area contributed by atoms with Gasteiger partial charge in [0.15, 0.2) is 0 Å². The van der Waals surface area contributed by atoms with E-state index in [1.54, 1.807) is 32.9 Å². The van der Waals surface area contributed by atoms with E-state index in [1.165, 1.54) is 21.5 Å². The van der Waals surface area contributed by atoms with Gasteiger partial charge < -0.3 is 9.13 Å². The lowest BCUT2D eigenvalue weighted by Crippen LogP contribution is -2.32. The highest BCUT2D eigenvalue weighted by Crippen LogP contribution is 2.12. The molecular weight excluding hydrogens is 312 g/mol. The number of aromatic nitrogens is 4. The van der Waals surface area contributed by atoms with Gasteiger partial charge in [-0.15, -0.1) is 0 Å². The maximum Gasteiger partial charge on any atom is 0.328 e. The number of hydrogen-bond acceptors (Lipinski definition) is 4. The normalized spacial score (nSPS) is 12.6. The largest absolute Gasteiger partial charge is 0.328 e. The molecule has 0 bridgehead atoms. The maximum atomic E-state index is 12.0. The van der Waals surface area contributed by atoms with Gasteiger partial charge in [0.05, 0.1) is 5.56 Å². The van der Waals surface area contributed by atoms with E-state index in [2.05, 4.69) is 9.97 Å². The number of nitrogens with zero attached hydrogens (tertiary/aromatic N) is 2. The Bertz CT molecular complexity index is 991. The molecule has 2 heterocycles. The van der Waals surface area contributed by atoms with Crippen LogP contribution in [0, 0.1) is 0 Å². The minimum Gasteiger partial charge on any atom is -0.301 e. The van der Waals surface area contributed by atoms with Crippen molar-refractivity contribution in [1.29, 1.82) is 0 Å². The van der Waals surface area contributed by atoms with Crippen LogP contribution in [-0.4, -0.2) is 19.1 Å². The Labute approximate surface area is 137 Å². The number of allylic oxidation sites excluding steroid dienone is 1. The summed E-state index contributed by atoms with van der Waals surface area (Å²) in [5.74, 6) is -0.312. The van der Waals surface area contributed by atoms with E-state index in [0.717, 1.165) is 0 Å². The number of aryl methyl sites for hydroxylation is 2. The van der Waals surface area contributed by atoms with E-state index in [0.29, 0.717) is 24.2 Å². The molecule has 2 aromatic heterocycles. The number of aromatic amines is 2. The summed E-state index contributed by atoms with van der Waals surface area (Å²) < 4.78 is 2.79. The van der Waals surface area contributed by atoms with Gasteiger partial charge in [0, 0.05) is 37.0 Å². The average Bonchev–Trinajstić information content (AvgIpc) is 2.54. The number of nitrogens with one attached hydrogen (secondary N) is 2. The molecule has 0 aliphatic heterocycles. The van der Waals surface area contributed by atoms with Gasteiger partial charge in [0.2, 0.25) is 0 Å². The second-order valence-corrected chi connectivity index (χ2v) is 5.41. The first-order valence-corrected chi connectivity index (χ1v) is 7.73. The standard InChI is InChI=1S/C16H20N4O4/c1-4-19-8-11(13(21)17-15(19)23)7-6-10(3)12-9-20(5-2)16(24)18-14(12)22/h6-10H,4-5H2,1-3H3,(H,17,21,23)(H,18,22,24). The van der Waals surface area contributed by atoms with Gasteiger partial charge in [0.1, 0.15) is 0 Å². The average molecular weight is 332 g/mol. The Hall–Kier alpha value is -2.90. The van der Waals surface area contributed by atoms with Crippen molar-refractivity contribution in [3.8, 4) is 0 Å². The van der Waals surface area contributed by atoms with E-state index in [9.17, 15) is 19.2 Å². The number of rotatable bonds is 5. The SMILES string of the molecule is CCn1cc(C=CC(C)c2cn(CC)c(=O)[nH]c2=O)c(=O)[nH]c1=O. The summed E-state index contributed by atoms with van der Waals surface area (Å²) in [7, 11) is 0. The molecule has 0 aromatic carbocycles. The summed E-state index contributed by atoms with van der Waals surface area (Å²) in [6.45, 7) is 6.27. The molecule has 8 nitrogen and oxygen atoms in total. The molecule has 1 unspecified atom stereocenters. The Morgan fingerprint density at radius 1 is 0.958 bits per heavy atom. The van der Waals surface area contributed by atoms with Crippen LogP contribution in [0.5, 0.6) is 0 Å². The molecule has 0 saturated carbocycles. The molecule has 0 fully saturated rings. The minimum atomic E-state index is -0.486. The second kappa shape index (κ2) is 7.12. The van der Waals surface area contributed by atoms with Gasteiger partial charge >= 0.3 is 11.4 Å². The van der Waals surface area contributed by atoms with E-state index in [-0.39, 0.29) is 5.92 Å². The molecule has 0 aliphatic carbocycles. The summed E-state index contributed by atoms with van der Waals surface area (Å²) in [5.41, 5.74) is -1.10. The third-order valence-electron chi connectivity index (χ3n) is 3.81. The Balaban J connectivity index is 2.40. The van der Waals surface area contributed by atoms with Crippen LogP contribution in [0.3, 0.4) is 0 Å². The molecule has 2 N–H and O–H groups in total. The molecule has 1 atom stereocenters. The molecule has 0 amide bonds. The van der Waals surface area contributed by atoms with Crippen molar-refractivity contribution in [2.24, 2.45) is 0 Å². The summed E-state index contributed by atoms with van der Waals surface area (Å²) in [4.78, 5) is 51.4. The van der Waals surface area contributed by atoms with Crippen LogP contribution >= 0.6 is 0 Å². The predicted molar refractivity (Wildman–Crippen MR) is 91.4 cm³/mol. The molecule has 2 rings (SSSR count). The van der Waals surface area contributed by atoms with Crippen molar-refractivity contribution in [1.82, 2.24) is 19.1 Å². The molecule has 2 aromatic rings. The van der Waals surface area contributed by atoms with Crippen molar-refractivity contribution in [3.63, 3.8) is 0 Å². The zero-order valence-corrected chi connectivity index (χ0v) is 13.8.